The van der Waals surface area contributed by atoms with Crippen molar-refractivity contribution in [3.8, 4) is 0 Å². The van der Waals surface area contributed by atoms with Gasteiger partial charge >= 0.3 is 0 Å². The molecule has 1 aromatic heterocycles. The van der Waals surface area contributed by atoms with Gasteiger partial charge in [-0.05, 0) is 35.8 Å². The smallest absolute Gasteiger partial charge is 0.167 e. The average molecular weight is 278 g/mol. The molecule has 3 heteroatoms. The first-order valence-electron chi connectivity index (χ1n) is 7.16. The molecule has 0 bridgehead atoms. The SMILES string of the molecule is Cc1cc(C(=O)Cc2ccc(C=C3CNC3)cc2)ccn1. The first-order chi connectivity index (χ1) is 10.2. The zero-order valence-electron chi connectivity index (χ0n) is 12.1. The lowest BCUT2D eigenvalue weighted by Crippen LogP contribution is -2.33. The maximum absolute atomic E-state index is 12.2. The summed E-state index contributed by atoms with van der Waals surface area (Å²) < 4.78 is 0. The molecule has 1 fully saturated rings. The number of aromatic nitrogens is 1. The fraction of sp³-hybridized carbons (Fsp3) is 0.222. The van der Waals surface area contributed by atoms with Crippen molar-refractivity contribution in [2.24, 2.45) is 0 Å². The molecule has 1 aromatic carbocycles. The van der Waals surface area contributed by atoms with Crippen molar-refractivity contribution in [1.29, 1.82) is 0 Å². The van der Waals surface area contributed by atoms with Crippen LogP contribution in [0.5, 0.6) is 0 Å². The van der Waals surface area contributed by atoms with Crippen molar-refractivity contribution >= 4 is 11.9 Å². The van der Waals surface area contributed by atoms with Crippen LogP contribution in [-0.2, 0) is 6.42 Å². The fourth-order valence-electron chi connectivity index (χ4n) is 2.35. The summed E-state index contributed by atoms with van der Waals surface area (Å²) in [6.45, 7) is 3.87. The maximum Gasteiger partial charge on any atom is 0.167 e. The maximum atomic E-state index is 12.2. The Balaban J connectivity index is 1.68. The predicted octanol–water partition coefficient (Wildman–Crippen LogP) is 2.80. The summed E-state index contributed by atoms with van der Waals surface area (Å²) in [6, 6.07) is 11.8. The summed E-state index contributed by atoms with van der Waals surface area (Å²) in [5, 5.41) is 3.22. The van der Waals surface area contributed by atoms with Gasteiger partial charge in [0.05, 0.1) is 0 Å². The van der Waals surface area contributed by atoms with E-state index in [1.807, 2.05) is 25.1 Å². The molecule has 1 saturated heterocycles. The van der Waals surface area contributed by atoms with E-state index in [0.29, 0.717) is 6.42 Å². The second-order valence-corrected chi connectivity index (χ2v) is 5.43. The molecule has 0 aliphatic carbocycles. The number of Topliss-reactive ketones (excluding diaryl/α,β-unsaturated/α-hetero) is 1. The van der Waals surface area contributed by atoms with Crippen LogP contribution < -0.4 is 5.32 Å². The lowest BCUT2D eigenvalue weighted by atomic mass is 10.0. The summed E-state index contributed by atoms with van der Waals surface area (Å²) in [6.07, 6.45) is 4.32. The molecule has 1 aliphatic heterocycles. The topological polar surface area (TPSA) is 42.0 Å². The molecule has 106 valence electrons. The highest BCUT2D eigenvalue weighted by atomic mass is 16.1. The van der Waals surface area contributed by atoms with Crippen molar-refractivity contribution in [3.05, 3.63) is 70.6 Å². The fourth-order valence-corrected chi connectivity index (χ4v) is 2.35. The molecule has 0 radical (unpaired) electrons. The first kappa shape index (κ1) is 13.7. The van der Waals surface area contributed by atoms with E-state index in [4.69, 9.17) is 0 Å². The molecule has 3 nitrogen and oxygen atoms in total. The Hall–Kier alpha value is -2.26. The van der Waals surface area contributed by atoms with Crippen LogP contribution in [-0.4, -0.2) is 23.9 Å². The number of ketones is 1. The van der Waals surface area contributed by atoms with Crippen LogP contribution in [0, 0.1) is 6.92 Å². The summed E-state index contributed by atoms with van der Waals surface area (Å²) >= 11 is 0. The van der Waals surface area contributed by atoms with Gasteiger partial charge in [-0.2, -0.15) is 0 Å². The van der Waals surface area contributed by atoms with Gasteiger partial charge in [-0.25, -0.2) is 0 Å². The predicted molar refractivity (Wildman–Crippen MR) is 84.3 cm³/mol. The third kappa shape index (κ3) is 3.44. The van der Waals surface area contributed by atoms with Crippen LogP contribution in [0.1, 0.15) is 27.2 Å². The van der Waals surface area contributed by atoms with E-state index in [0.717, 1.165) is 29.9 Å². The van der Waals surface area contributed by atoms with E-state index >= 15 is 0 Å². The average Bonchev–Trinajstić information content (AvgIpc) is 2.44. The van der Waals surface area contributed by atoms with Crippen molar-refractivity contribution in [1.82, 2.24) is 10.3 Å². The molecule has 1 aliphatic rings. The Morgan fingerprint density at radius 2 is 2.00 bits per heavy atom. The van der Waals surface area contributed by atoms with E-state index in [1.165, 1.54) is 11.1 Å². The number of hydrogen-bond acceptors (Lipinski definition) is 3. The molecule has 0 spiro atoms. The summed E-state index contributed by atoms with van der Waals surface area (Å²) in [7, 11) is 0. The highest BCUT2D eigenvalue weighted by Gasteiger charge is 2.08. The minimum absolute atomic E-state index is 0.134. The second kappa shape index (κ2) is 6.02. The Labute approximate surface area is 124 Å². The minimum atomic E-state index is 0.134. The quantitative estimate of drug-likeness (QED) is 0.874. The Bertz CT molecular complexity index is 681. The van der Waals surface area contributed by atoms with Gasteiger partial charge in [0.2, 0.25) is 0 Å². The molecule has 0 atom stereocenters. The van der Waals surface area contributed by atoms with E-state index in [1.54, 1.807) is 12.3 Å². The van der Waals surface area contributed by atoms with Crippen molar-refractivity contribution in [2.75, 3.05) is 13.1 Å². The van der Waals surface area contributed by atoms with Crippen LogP contribution in [0.4, 0.5) is 0 Å². The van der Waals surface area contributed by atoms with Crippen molar-refractivity contribution in [2.45, 2.75) is 13.3 Å². The van der Waals surface area contributed by atoms with Gasteiger partial charge in [-0.3, -0.25) is 9.78 Å². The number of nitrogens with one attached hydrogen (secondary N) is 1. The number of aryl methyl sites for hydroxylation is 1. The molecular formula is C18H18N2O. The zero-order chi connectivity index (χ0) is 14.7. The third-order valence-electron chi connectivity index (χ3n) is 3.64. The summed E-state index contributed by atoms with van der Waals surface area (Å²) in [5.74, 6) is 0.134. The van der Waals surface area contributed by atoms with E-state index in [9.17, 15) is 4.79 Å². The van der Waals surface area contributed by atoms with Gasteiger partial charge < -0.3 is 5.32 Å². The summed E-state index contributed by atoms with van der Waals surface area (Å²) in [4.78, 5) is 16.4. The second-order valence-electron chi connectivity index (χ2n) is 5.43. The van der Waals surface area contributed by atoms with Crippen molar-refractivity contribution < 1.29 is 4.79 Å². The zero-order valence-corrected chi connectivity index (χ0v) is 12.1. The molecule has 0 saturated carbocycles. The third-order valence-corrected chi connectivity index (χ3v) is 3.64. The molecule has 21 heavy (non-hydrogen) atoms. The number of carbonyl (C=O) groups excluding carboxylic acids is 1. The van der Waals surface area contributed by atoms with Gasteiger partial charge in [-0.15, -0.1) is 0 Å². The van der Waals surface area contributed by atoms with E-state index < -0.39 is 0 Å². The lowest BCUT2D eigenvalue weighted by Gasteiger charge is -2.18. The van der Waals surface area contributed by atoms with E-state index in [-0.39, 0.29) is 5.78 Å². The van der Waals surface area contributed by atoms with Crippen LogP contribution in [0.2, 0.25) is 0 Å². The number of hydrogen-bond donors (Lipinski definition) is 1. The highest BCUT2D eigenvalue weighted by Crippen LogP contribution is 2.13. The Morgan fingerprint density at radius 3 is 2.62 bits per heavy atom. The minimum Gasteiger partial charge on any atom is -0.309 e. The van der Waals surface area contributed by atoms with Crippen LogP contribution in [0.25, 0.3) is 6.08 Å². The normalized spacial score (nSPS) is 13.7. The summed E-state index contributed by atoms with van der Waals surface area (Å²) in [5.41, 5.74) is 5.27. The van der Waals surface area contributed by atoms with Crippen LogP contribution >= 0.6 is 0 Å². The Morgan fingerprint density at radius 1 is 1.24 bits per heavy atom. The molecule has 0 unspecified atom stereocenters. The van der Waals surface area contributed by atoms with Gasteiger partial charge in [0.1, 0.15) is 0 Å². The standard InChI is InChI=1S/C18H18N2O/c1-13-8-17(6-7-20-13)18(21)10-15-4-2-14(3-5-15)9-16-11-19-12-16/h2-9,19H,10-12H2,1H3. The molecule has 0 amide bonds. The van der Waals surface area contributed by atoms with Gasteiger partial charge in [-0.1, -0.05) is 30.3 Å². The molecule has 1 N–H and O–H groups in total. The number of nitrogens with zero attached hydrogens (tertiary/aromatic N) is 1. The molecule has 3 rings (SSSR count). The Kier molecular flexibility index (Phi) is 3.93. The number of rotatable bonds is 4. The molecular weight excluding hydrogens is 260 g/mol. The van der Waals surface area contributed by atoms with Crippen molar-refractivity contribution in [3.63, 3.8) is 0 Å². The van der Waals surface area contributed by atoms with Crippen LogP contribution in [0.3, 0.4) is 0 Å². The number of benzene rings is 1. The number of pyridine rings is 1. The monoisotopic (exact) mass is 278 g/mol. The van der Waals surface area contributed by atoms with Gasteiger partial charge in [0.15, 0.2) is 5.78 Å². The number of carbonyl (C=O) groups is 1. The highest BCUT2D eigenvalue weighted by molar-refractivity contribution is 5.97. The van der Waals surface area contributed by atoms with Gasteiger partial charge in [0.25, 0.3) is 0 Å². The van der Waals surface area contributed by atoms with Gasteiger partial charge in [0, 0.05) is 37.0 Å². The molecule has 2 aromatic rings. The largest absolute Gasteiger partial charge is 0.309 e. The molecule has 2 heterocycles. The van der Waals surface area contributed by atoms with Crippen LogP contribution in [0.15, 0.2) is 48.2 Å². The first-order valence-corrected chi connectivity index (χ1v) is 7.16. The lowest BCUT2D eigenvalue weighted by molar-refractivity contribution is 0.0993. The van der Waals surface area contributed by atoms with E-state index in [2.05, 4.69) is 28.5 Å².